The zero-order chi connectivity index (χ0) is 12.5. The molecular formula is C14H20ClNO2. The third-order valence-corrected chi connectivity index (χ3v) is 3.60. The number of carboxylic acids is 1. The van der Waals surface area contributed by atoms with Gasteiger partial charge in [0.2, 0.25) is 0 Å². The van der Waals surface area contributed by atoms with Crippen LogP contribution in [0, 0.1) is 5.41 Å². The first-order valence-electron chi connectivity index (χ1n) is 6.06. The van der Waals surface area contributed by atoms with Gasteiger partial charge in [-0.15, -0.1) is 12.4 Å². The molecule has 0 aromatic heterocycles. The van der Waals surface area contributed by atoms with Crippen molar-refractivity contribution in [1.82, 2.24) is 0 Å². The summed E-state index contributed by atoms with van der Waals surface area (Å²) in [6.45, 7) is 6.72. The second-order valence-corrected chi connectivity index (χ2v) is 5.50. The molecule has 0 spiro atoms. The highest BCUT2D eigenvalue weighted by atomic mass is 35.5. The van der Waals surface area contributed by atoms with Crippen molar-refractivity contribution in [2.75, 3.05) is 18.0 Å². The maximum atomic E-state index is 10.8. The molecule has 2 rings (SSSR count). The molecule has 1 aromatic carbocycles. The molecule has 0 saturated carbocycles. The van der Waals surface area contributed by atoms with Gasteiger partial charge in [-0.25, -0.2) is 4.79 Å². The molecule has 3 nitrogen and oxygen atoms in total. The molecule has 1 aliphatic rings. The molecule has 0 bridgehead atoms. The van der Waals surface area contributed by atoms with Gasteiger partial charge in [-0.3, -0.25) is 0 Å². The van der Waals surface area contributed by atoms with Gasteiger partial charge in [0.05, 0.1) is 5.56 Å². The Morgan fingerprint density at radius 3 is 2.11 bits per heavy atom. The molecule has 1 fully saturated rings. The molecule has 1 N–H and O–H groups in total. The number of piperidine rings is 1. The summed E-state index contributed by atoms with van der Waals surface area (Å²) in [7, 11) is 0. The van der Waals surface area contributed by atoms with Crippen LogP contribution in [-0.4, -0.2) is 24.2 Å². The predicted molar refractivity (Wildman–Crippen MR) is 75.9 cm³/mol. The number of hydrogen-bond acceptors (Lipinski definition) is 2. The van der Waals surface area contributed by atoms with Crippen LogP contribution in [0.25, 0.3) is 0 Å². The molecule has 100 valence electrons. The van der Waals surface area contributed by atoms with E-state index in [-0.39, 0.29) is 12.4 Å². The minimum absolute atomic E-state index is 0. The van der Waals surface area contributed by atoms with Crippen molar-refractivity contribution in [3.63, 3.8) is 0 Å². The van der Waals surface area contributed by atoms with Crippen LogP contribution < -0.4 is 4.90 Å². The van der Waals surface area contributed by atoms with Gasteiger partial charge in [-0.2, -0.15) is 0 Å². The Labute approximate surface area is 114 Å². The second kappa shape index (κ2) is 5.61. The van der Waals surface area contributed by atoms with Crippen LogP contribution in [0.4, 0.5) is 5.69 Å². The Morgan fingerprint density at radius 2 is 1.67 bits per heavy atom. The fourth-order valence-electron chi connectivity index (χ4n) is 2.19. The standard InChI is InChI=1S/C14H19NO2.ClH/c1-14(2)7-9-15(10-8-14)12-5-3-11(4-6-12)13(16)17;/h3-6H,7-10H2,1-2H3,(H,16,17);1H. The maximum absolute atomic E-state index is 10.8. The number of anilines is 1. The SMILES string of the molecule is CC1(C)CCN(c2ccc(C(=O)O)cc2)CC1.Cl. The zero-order valence-corrected chi connectivity index (χ0v) is 11.7. The molecule has 0 unspecified atom stereocenters. The first-order chi connectivity index (χ1) is 7.98. The lowest BCUT2D eigenvalue weighted by atomic mass is 9.82. The van der Waals surface area contributed by atoms with Crippen LogP contribution in [0.3, 0.4) is 0 Å². The minimum Gasteiger partial charge on any atom is -0.478 e. The number of carbonyl (C=O) groups is 1. The largest absolute Gasteiger partial charge is 0.478 e. The average Bonchev–Trinajstić information content (AvgIpc) is 2.29. The summed E-state index contributed by atoms with van der Waals surface area (Å²) in [6.07, 6.45) is 2.38. The Balaban J connectivity index is 0.00000162. The van der Waals surface area contributed by atoms with Crippen LogP contribution in [0.5, 0.6) is 0 Å². The summed E-state index contributed by atoms with van der Waals surface area (Å²) >= 11 is 0. The van der Waals surface area contributed by atoms with E-state index in [0.29, 0.717) is 11.0 Å². The summed E-state index contributed by atoms with van der Waals surface area (Å²) in [4.78, 5) is 13.1. The number of aromatic carboxylic acids is 1. The Kier molecular flexibility index (Phi) is 4.63. The van der Waals surface area contributed by atoms with E-state index in [2.05, 4.69) is 18.7 Å². The highest BCUT2D eigenvalue weighted by molar-refractivity contribution is 5.88. The second-order valence-electron chi connectivity index (χ2n) is 5.50. The molecule has 0 aliphatic carbocycles. The molecule has 4 heteroatoms. The average molecular weight is 270 g/mol. The molecule has 18 heavy (non-hydrogen) atoms. The van der Waals surface area contributed by atoms with Crippen LogP contribution >= 0.6 is 12.4 Å². The number of rotatable bonds is 2. The van der Waals surface area contributed by atoms with Crippen molar-refractivity contribution in [2.24, 2.45) is 5.41 Å². The van der Waals surface area contributed by atoms with Gasteiger partial charge in [-0.1, -0.05) is 13.8 Å². The highest BCUT2D eigenvalue weighted by Gasteiger charge is 2.25. The number of benzene rings is 1. The monoisotopic (exact) mass is 269 g/mol. The van der Waals surface area contributed by atoms with Gasteiger partial charge in [0, 0.05) is 18.8 Å². The predicted octanol–water partition coefficient (Wildman–Crippen LogP) is 3.43. The van der Waals surface area contributed by atoms with Gasteiger partial charge < -0.3 is 10.0 Å². The molecular weight excluding hydrogens is 250 g/mol. The quantitative estimate of drug-likeness (QED) is 0.894. The van der Waals surface area contributed by atoms with Crippen LogP contribution in [0.15, 0.2) is 24.3 Å². The molecule has 0 amide bonds. The smallest absolute Gasteiger partial charge is 0.335 e. The van der Waals surface area contributed by atoms with Gasteiger partial charge in [-0.05, 0) is 42.5 Å². The lowest BCUT2D eigenvalue weighted by Gasteiger charge is -2.38. The Hall–Kier alpha value is -1.22. The van der Waals surface area contributed by atoms with E-state index in [9.17, 15) is 4.79 Å². The first kappa shape index (κ1) is 14.8. The summed E-state index contributed by atoms with van der Waals surface area (Å²) in [5, 5.41) is 8.84. The van der Waals surface area contributed by atoms with Crippen molar-refractivity contribution in [2.45, 2.75) is 26.7 Å². The van der Waals surface area contributed by atoms with Crippen LogP contribution in [0.2, 0.25) is 0 Å². The normalized spacial score (nSPS) is 18.0. The van der Waals surface area contributed by atoms with Crippen molar-refractivity contribution in [3.8, 4) is 0 Å². The number of halogens is 1. The minimum atomic E-state index is -0.865. The van der Waals surface area contributed by atoms with E-state index in [0.717, 1.165) is 18.8 Å². The van der Waals surface area contributed by atoms with Gasteiger partial charge in [0.1, 0.15) is 0 Å². The number of hydrogen-bond donors (Lipinski definition) is 1. The summed E-state index contributed by atoms with van der Waals surface area (Å²) in [6, 6.07) is 7.17. The highest BCUT2D eigenvalue weighted by Crippen LogP contribution is 2.32. The fourth-order valence-corrected chi connectivity index (χ4v) is 2.19. The molecule has 1 aromatic rings. The van der Waals surface area contributed by atoms with Crippen molar-refractivity contribution in [3.05, 3.63) is 29.8 Å². The first-order valence-corrected chi connectivity index (χ1v) is 6.06. The van der Waals surface area contributed by atoms with E-state index in [4.69, 9.17) is 5.11 Å². The van der Waals surface area contributed by atoms with E-state index >= 15 is 0 Å². The Bertz CT molecular complexity index is 404. The molecule has 0 radical (unpaired) electrons. The number of nitrogens with zero attached hydrogens (tertiary/aromatic N) is 1. The van der Waals surface area contributed by atoms with Gasteiger partial charge in [0.15, 0.2) is 0 Å². The van der Waals surface area contributed by atoms with E-state index in [1.165, 1.54) is 12.8 Å². The van der Waals surface area contributed by atoms with Crippen molar-refractivity contribution in [1.29, 1.82) is 0 Å². The molecule has 0 atom stereocenters. The fraction of sp³-hybridized carbons (Fsp3) is 0.500. The topological polar surface area (TPSA) is 40.5 Å². The molecule has 1 heterocycles. The van der Waals surface area contributed by atoms with E-state index < -0.39 is 5.97 Å². The Morgan fingerprint density at radius 1 is 1.17 bits per heavy atom. The third kappa shape index (κ3) is 3.39. The number of carboxylic acid groups (broad SMARTS) is 1. The lowest BCUT2D eigenvalue weighted by Crippen LogP contribution is -2.37. The van der Waals surface area contributed by atoms with Crippen LogP contribution in [-0.2, 0) is 0 Å². The lowest BCUT2D eigenvalue weighted by molar-refractivity contribution is 0.0697. The van der Waals surface area contributed by atoms with Crippen molar-refractivity contribution < 1.29 is 9.90 Å². The summed E-state index contributed by atoms with van der Waals surface area (Å²) in [5.41, 5.74) is 1.92. The zero-order valence-electron chi connectivity index (χ0n) is 10.8. The molecule has 1 saturated heterocycles. The third-order valence-electron chi connectivity index (χ3n) is 3.60. The maximum Gasteiger partial charge on any atom is 0.335 e. The van der Waals surface area contributed by atoms with E-state index in [1.54, 1.807) is 12.1 Å². The van der Waals surface area contributed by atoms with Gasteiger partial charge >= 0.3 is 5.97 Å². The summed E-state index contributed by atoms with van der Waals surface area (Å²) < 4.78 is 0. The van der Waals surface area contributed by atoms with Gasteiger partial charge in [0.25, 0.3) is 0 Å². The van der Waals surface area contributed by atoms with Crippen molar-refractivity contribution >= 4 is 24.1 Å². The van der Waals surface area contributed by atoms with E-state index in [1.807, 2.05) is 12.1 Å². The summed E-state index contributed by atoms with van der Waals surface area (Å²) in [5.74, 6) is -0.865. The molecule has 1 aliphatic heterocycles. The van der Waals surface area contributed by atoms with Crippen LogP contribution in [0.1, 0.15) is 37.0 Å².